The van der Waals surface area contributed by atoms with E-state index in [2.05, 4.69) is 19.2 Å². The van der Waals surface area contributed by atoms with Crippen molar-refractivity contribution in [1.82, 2.24) is 5.32 Å². The maximum atomic E-state index is 13.2. The van der Waals surface area contributed by atoms with E-state index < -0.39 is 11.6 Å². The lowest BCUT2D eigenvalue weighted by Crippen LogP contribution is -2.25. The van der Waals surface area contributed by atoms with Gasteiger partial charge in [0, 0.05) is 18.7 Å². The highest BCUT2D eigenvalue weighted by molar-refractivity contribution is 6.31. The number of halogens is 3. The number of hydrogen-bond donors (Lipinski definition) is 1. The molecule has 0 aromatic heterocycles. The molecule has 0 aliphatic heterocycles. The van der Waals surface area contributed by atoms with Crippen LogP contribution in [0, 0.1) is 17.0 Å². The van der Waals surface area contributed by atoms with Gasteiger partial charge in [-0.05, 0) is 48.9 Å². The minimum Gasteiger partial charge on any atom is -0.383 e. The molecule has 0 fully saturated rings. The van der Waals surface area contributed by atoms with Gasteiger partial charge in [0.15, 0.2) is 11.6 Å². The van der Waals surface area contributed by atoms with Crippen molar-refractivity contribution in [2.45, 2.75) is 33.1 Å². The third kappa shape index (κ3) is 6.72. The SMILES string of the molecule is COCCNCCC(C)(C)CCc1cc(F)c(F)cc1Cl. The molecule has 0 radical (unpaired) electrons. The summed E-state index contributed by atoms with van der Waals surface area (Å²) in [6.07, 6.45) is 2.50. The van der Waals surface area contributed by atoms with Gasteiger partial charge >= 0.3 is 0 Å². The molecular weight excluding hydrogens is 296 g/mol. The van der Waals surface area contributed by atoms with Crippen LogP contribution >= 0.6 is 11.6 Å². The van der Waals surface area contributed by atoms with Gasteiger partial charge in [-0.25, -0.2) is 8.78 Å². The van der Waals surface area contributed by atoms with Gasteiger partial charge in [-0.3, -0.25) is 0 Å². The van der Waals surface area contributed by atoms with E-state index in [0.717, 1.165) is 32.0 Å². The first-order chi connectivity index (χ1) is 9.85. The van der Waals surface area contributed by atoms with Gasteiger partial charge in [0.25, 0.3) is 0 Å². The molecular formula is C16H24ClF2NO. The van der Waals surface area contributed by atoms with Crippen molar-refractivity contribution in [3.8, 4) is 0 Å². The normalized spacial score (nSPS) is 11.9. The van der Waals surface area contributed by atoms with Crippen molar-refractivity contribution < 1.29 is 13.5 Å². The van der Waals surface area contributed by atoms with E-state index in [9.17, 15) is 8.78 Å². The summed E-state index contributed by atoms with van der Waals surface area (Å²) in [5, 5.41) is 3.60. The van der Waals surface area contributed by atoms with E-state index >= 15 is 0 Å². The third-order valence-corrected chi connectivity index (χ3v) is 3.97. The van der Waals surface area contributed by atoms with Crippen molar-refractivity contribution in [2.75, 3.05) is 26.8 Å². The highest BCUT2D eigenvalue weighted by atomic mass is 35.5. The zero-order chi connectivity index (χ0) is 15.9. The van der Waals surface area contributed by atoms with Gasteiger partial charge in [-0.2, -0.15) is 0 Å². The summed E-state index contributed by atoms with van der Waals surface area (Å²) in [7, 11) is 1.68. The van der Waals surface area contributed by atoms with Crippen LogP contribution < -0.4 is 5.32 Å². The predicted octanol–water partition coefficient (Wildman–Crippen LogP) is 4.20. The van der Waals surface area contributed by atoms with E-state index in [4.69, 9.17) is 16.3 Å². The molecule has 0 saturated carbocycles. The topological polar surface area (TPSA) is 21.3 Å². The lowest BCUT2D eigenvalue weighted by atomic mass is 9.83. The number of nitrogens with one attached hydrogen (secondary N) is 1. The highest BCUT2D eigenvalue weighted by Gasteiger charge is 2.18. The van der Waals surface area contributed by atoms with Gasteiger partial charge in [0.1, 0.15) is 0 Å². The first kappa shape index (κ1) is 18.3. The maximum Gasteiger partial charge on any atom is 0.160 e. The molecule has 0 amide bonds. The zero-order valence-electron chi connectivity index (χ0n) is 12.9. The Labute approximate surface area is 130 Å². The van der Waals surface area contributed by atoms with Gasteiger partial charge in [0.05, 0.1) is 6.61 Å². The molecule has 1 aromatic rings. The number of aryl methyl sites for hydroxylation is 1. The molecule has 1 rings (SSSR count). The number of methoxy groups -OCH3 is 1. The fourth-order valence-electron chi connectivity index (χ4n) is 2.08. The average molecular weight is 320 g/mol. The van der Waals surface area contributed by atoms with Crippen LogP contribution in [0.4, 0.5) is 8.78 Å². The quantitative estimate of drug-likeness (QED) is 0.544. The molecule has 2 nitrogen and oxygen atoms in total. The van der Waals surface area contributed by atoms with Crippen LogP contribution in [0.3, 0.4) is 0 Å². The molecule has 0 saturated heterocycles. The Morgan fingerprint density at radius 3 is 2.48 bits per heavy atom. The van der Waals surface area contributed by atoms with Crippen LogP contribution in [0.2, 0.25) is 5.02 Å². The average Bonchev–Trinajstić information content (AvgIpc) is 2.41. The van der Waals surface area contributed by atoms with E-state index in [0.29, 0.717) is 23.6 Å². The summed E-state index contributed by atoms with van der Waals surface area (Å²) in [5.41, 5.74) is 0.768. The van der Waals surface area contributed by atoms with Crippen molar-refractivity contribution in [2.24, 2.45) is 5.41 Å². The summed E-state index contributed by atoms with van der Waals surface area (Å²) in [4.78, 5) is 0. The zero-order valence-corrected chi connectivity index (χ0v) is 13.7. The van der Waals surface area contributed by atoms with Crippen molar-refractivity contribution >= 4 is 11.6 Å². The number of hydrogen-bond acceptors (Lipinski definition) is 2. The van der Waals surface area contributed by atoms with Crippen LogP contribution in [0.25, 0.3) is 0 Å². The molecule has 21 heavy (non-hydrogen) atoms. The molecule has 1 N–H and O–H groups in total. The van der Waals surface area contributed by atoms with Gasteiger partial charge in [-0.15, -0.1) is 0 Å². The fourth-order valence-corrected chi connectivity index (χ4v) is 2.32. The summed E-state index contributed by atoms with van der Waals surface area (Å²) in [5.74, 6) is -1.74. The van der Waals surface area contributed by atoms with Crippen LogP contribution in [0.1, 0.15) is 32.3 Å². The Bertz CT molecular complexity index is 452. The third-order valence-electron chi connectivity index (χ3n) is 3.62. The maximum absolute atomic E-state index is 13.2. The lowest BCUT2D eigenvalue weighted by molar-refractivity contribution is 0.197. The first-order valence-corrected chi connectivity index (χ1v) is 7.56. The first-order valence-electron chi connectivity index (χ1n) is 7.19. The highest BCUT2D eigenvalue weighted by Crippen LogP contribution is 2.29. The number of benzene rings is 1. The standard InChI is InChI=1S/C16H24ClF2NO/c1-16(2,6-7-20-8-9-21-3)5-4-12-10-14(18)15(19)11-13(12)17/h10-11,20H,4-9H2,1-3H3. The predicted molar refractivity (Wildman–Crippen MR) is 82.8 cm³/mol. The van der Waals surface area contributed by atoms with Crippen molar-refractivity contribution in [1.29, 1.82) is 0 Å². The Hall–Kier alpha value is -0.710. The van der Waals surface area contributed by atoms with Crippen LogP contribution in [0.15, 0.2) is 12.1 Å². The van der Waals surface area contributed by atoms with Gasteiger partial charge in [-0.1, -0.05) is 25.4 Å². The molecule has 0 heterocycles. The summed E-state index contributed by atoms with van der Waals surface area (Å²) in [6, 6.07) is 2.25. The molecule has 0 aliphatic carbocycles. The van der Waals surface area contributed by atoms with Gasteiger partial charge < -0.3 is 10.1 Å². The molecule has 0 spiro atoms. The Morgan fingerprint density at radius 1 is 1.14 bits per heavy atom. The van der Waals surface area contributed by atoms with Crippen molar-refractivity contribution in [3.63, 3.8) is 0 Å². The van der Waals surface area contributed by atoms with E-state index in [1.807, 2.05) is 0 Å². The Balaban J connectivity index is 2.44. The molecule has 5 heteroatoms. The molecule has 0 bridgehead atoms. The molecule has 0 unspecified atom stereocenters. The second-order valence-electron chi connectivity index (χ2n) is 6.01. The number of ether oxygens (including phenoxy) is 1. The number of rotatable bonds is 9. The summed E-state index contributed by atoms with van der Waals surface area (Å²) in [6.45, 7) is 6.77. The molecule has 0 aliphatic rings. The van der Waals surface area contributed by atoms with Crippen LogP contribution in [0.5, 0.6) is 0 Å². The Kier molecular flexibility index (Phi) is 7.57. The molecule has 1 aromatic carbocycles. The minimum absolute atomic E-state index is 0.105. The fraction of sp³-hybridized carbons (Fsp3) is 0.625. The van der Waals surface area contributed by atoms with E-state index in [1.54, 1.807) is 7.11 Å². The smallest absolute Gasteiger partial charge is 0.160 e. The lowest BCUT2D eigenvalue weighted by Gasteiger charge is -2.25. The second kappa shape index (κ2) is 8.66. The second-order valence-corrected chi connectivity index (χ2v) is 6.42. The molecule has 120 valence electrons. The Morgan fingerprint density at radius 2 is 1.81 bits per heavy atom. The minimum atomic E-state index is -0.898. The van der Waals surface area contributed by atoms with Gasteiger partial charge in [0.2, 0.25) is 0 Å². The van der Waals surface area contributed by atoms with E-state index in [1.165, 1.54) is 6.07 Å². The van der Waals surface area contributed by atoms with Crippen LogP contribution in [-0.4, -0.2) is 26.8 Å². The van der Waals surface area contributed by atoms with Crippen molar-refractivity contribution in [3.05, 3.63) is 34.4 Å². The van der Waals surface area contributed by atoms with E-state index in [-0.39, 0.29) is 5.41 Å². The van der Waals surface area contributed by atoms with Crippen LogP contribution in [-0.2, 0) is 11.2 Å². The monoisotopic (exact) mass is 319 g/mol. The molecule has 0 atom stereocenters. The summed E-state index contributed by atoms with van der Waals surface area (Å²) >= 11 is 5.96. The summed E-state index contributed by atoms with van der Waals surface area (Å²) < 4.78 is 31.2. The largest absolute Gasteiger partial charge is 0.383 e.